The van der Waals surface area contributed by atoms with Gasteiger partial charge in [-0.15, -0.1) is 11.3 Å². The Morgan fingerprint density at radius 3 is 2.95 bits per heavy atom. The Hall–Kier alpha value is -0.0800. The number of thiophene rings is 1. The smallest absolute Gasteiger partial charge is 0.242 e. The summed E-state index contributed by atoms with van der Waals surface area (Å²) in [6.07, 6.45) is 3.17. The fourth-order valence-electron chi connectivity index (χ4n) is 2.59. The van der Waals surface area contributed by atoms with Gasteiger partial charge in [-0.1, -0.05) is 13.3 Å². The highest BCUT2D eigenvalue weighted by Crippen LogP contribution is 2.31. The van der Waals surface area contributed by atoms with Crippen LogP contribution in [0.5, 0.6) is 0 Å². The average molecular weight is 335 g/mol. The van der Waals surface area contributed by atoms with Gasteiger partial charge in [0, 0.05) is 22.7 Å². The monoisotopic (exact) mass is 334 g/mol. The highest BCUT2D eigenvalue weighted by molar-refractivity contribution is 8.00. The molecule has 0 saturated heterocycles. The summed E-state index contributed by atoms with van der Waals surface area (Å²) in [5, 5.41) is 5.28. The van der Waals surface area contributed by atoms with E-state index >= 15 is 0 Å². The van der Waals surface area contributed by atoms with Crippen molar-refractivity contribution < 1.29 is 8.42 Å². The minimum absolute atomic E-state index is 0.0762. The minimum atomic E-state index is -3.40. The molecule has 1 saturated carbocycles. The first-order valence-corrected chi connectivity index (χ1v) is 10.3. The molecule has 1 aromatic heterocycles. The Labute approximate surface area is 129 Å². The summed E-state index contributed by atoms with van der Waals surface area (Å²) in [5.74, 6) is 1.03. The second-order valence-electron chi connectivity index (χ2n) is 4.89. The van der Waals surface area contributed by atoms with Crippen molar-refractivity contribution in [1.82, 2.24) is 10.0 Å². The maximum absolute atomic E-state index is 12.6. The van der Waals surface area contributed by atoms with Crippen LogP contribution in [0, 0.1) is 0 Å². The van der Waals surface area contributed by atoms with E-state index in [1.807, 2.05) is 24.2 Å². The summed E-state index contributed by atoms with van der Waals surface area (Å²) in [5.41, 5.74) is 0. The van der Waals surface area contributed by atoms with Gasteiger partial charge < -0.3 is 5.32 Å². The van der Waals surface area contributed by atoms with Crippen LogP contribution in [-0.4, -0.2) is 32.5 Å². The van der Waals surface area contributed by atoms with Crippen molar-refractivity contribution in [2.75, 3.05) is 12.8 Å². The zero-order valence-corrected chi connectivity index (χ0v) is 14.3. The number of sulfonamides is 1. The van der Waals surface area contributed by atoms with Crippen LogP contribution < -0.4 is 10.0 Å². The Morgan fingerprint density at radius 2 is 2.25 bits per heavy atom. The van der Waals surface area contributed by atoms with Gasteiger partial charge in [0.05, 0.1) is 4.90 Å². The summed E-state index contributed by atoms with van der Waals surface area (Å²) in [7, 11) is -1.57. The topological polar surface area (TPSA) is 58.2 Å². The lowest BCUT2D eigenvalue weighted by Crippen LogP contribution is -2.39. The Morgan fingerprint density at radius 1 is 1.45 bits per heavy atom. The molecule has 20 heavy (non-hydrogen) atoms. The van der Waals surface area contributed by atoms with E-state index in [4.69, 9.17) is 0 Å². The number of rotatable bonds is 7. The van der Waals surface area contributed by atoms with Crippen molar-refractivity contribution in [1.29, 1.82) is 0 Å². The second-order valence-corrected chi connectivity index (χ2v) is 9.09. The van der Waals surface area contributed by atoms with Gasteiger partial charge in [0.1, 0.15) is 0 Å². The van der Waals surface area contributed by atoms with Gasteiger partial charge in [-0.05, 0) is 37.1 Å². The van der Waals surface area contributed by atoms with E-state index in [1.54, 1.807) is 6.07 Å². The predicted octanol–water partition coefficient (Wildman–Crippen LogP) is 2.42. The third-order valence-electron chi connectivity index (χ3n) is 3.47. The highest BCUT2D eigenvalue weighted by Gasteiger charge is 2.32. The lowest BCUT2D eigenvalue weighted by Gasteiger charge is -2.20. The van der Waals surface area contributed by atoms with E-state index in [0.717, 1.165) is 29.9 Å². The fourth-order valence-corrected chi connectivity index (χ4v) is 6.65. The van der Waals surface area contributed by atoms with E-state index < -0.39 is 10.0 Å². The summed E-state index contributed by atoms with van der Waals surface area (Å²) < 4.78 is 28.0. The van der Waals surface area contributed by atoms with Crippen molar-refractivity contribution >= 4 is 33.1 Å². The first-order chi connectivity index (χ1) is 9.58. The molecule has 4 nitrogen and oxygen atoms in total. The summed E-state index contributed by atoms with van der Waals surface area (Å²) >= 11 is 3.35. The molecule has 0 aromatic carbocycles. The first kappa shape index (κ1) is 16.3. The van der Waals surface area contributed by atoms with E-state index in [0.29, 0.717) is 16.7 Å². The highest BCUT2D eigenvalue weighted by atomic mass is 32.2. The maximum Gasteiger partial charge on any atom is 0.242 e. The zero-order valence-electron chi connectivity index (χ0n) is 11.9. The molecule has 0 bridgehead atoms. The van der Waals surface area contributed by atoms with Crippen LogP contribution in [0.4, 0.5) is 0 Å². The number of hydrogen-bond donors (Lipinski definition) is 2. The molecule has 2 unspecified atom stereocenters. The van der Waals surface area contributed by atoms with Crippen LogP contribution in [0.3, 0.4) is 0 Å². The van der Waals surface area contributed by atoms with E-state index in [9.17, 15) is 8.42 Å². The van der Waals surface area contributed by atoms with Crippen LogP contribution in [0.15, 0.2) is 16.3 Å². The number of nitrogens with one attached hydrogen (secondary N) is 2. The molecule has 2 N–H and O–H groups in total. The van der Waals surface area contributed by atoms with Crippen LogP contribution in [-0.2, 0) is 16.6 Å². The van der Waals surface area contributed by atoms with Crippen molar-refractivity contribution in [2.24, 2.45) is 0 Å². The van der Waals surface area contributed by atoms with Gasteiger partial charge in [0.25, 0.3) is 0 Å². The van der Waals surface area contributed by atoms with Crippen molar-refractivity contribution in [3.8, 4) is 0 Å². The summed E-state index contributed by atoms with van der Waals surface area (Å²) in [6, 6.07) is 1.78. The van der Waals surface area contributed by atoms with E-state index in [1.165, 1.54) is 11.3 Å². The van der Waals surface area contributed by atoms with Crippen molar-refractivity contribution in [2.45, 2.75) is 48.9 Å². The average Bonchev–Trinajstić information content (AvgIpc) is 3.00. The second kappa shape index (κ2) is 7.26. The molecule has 1 heterocycles. The van der Waals surface area contributed by atoms with Crippen LogP contribution in [0.1, 0.15) is 31.1 Å². The van der Waals surface area contributed by atoms with Crippen LogP contribution in [0.25, 0.3) is 0 Å². The fraction of sp³-hybridized carbons (Fsp3) is 0.692. The van der Waals surface area contributed by atoms with Gasteiger partial charge in [0.15, 0.2) is 0 Å². The molecule has 1 fully saturated rings. The minimum Gasteiger partial charge on any atom is -0.315 e. The summed E-state index contributed by atoms with van der Waals surface area (Å²) in [4.78, 5) is 1.31. The largest absolute Gasteiger partial charge is 0.315 e. The Bertz CT molecular complexity index is 527. The van der Waals surface area contributed by atoms with Crippen molar-refractivity contribution in [3.05, 3.63) is 16.3 Å². The molecule has 2 rings (SSSR count). The molecule has 0 radical (unpaired) electrons. The molecule has 114 valence electrons. The molecular formula is C13H22N2O2S3. The van der Waals surface area contributed by atoms with Gasteiger partial charge in [-0.3, -0.25) is 0 Å². The molecule has 0 spiro atoms. The third kappa shape index (κ3) is 3.76. The molecule has 7 heteroatoms. The molecule has 1 aliphatic carbocycles. The third-order valence-corrected chi connectivity index (χ3v) is 7.42. The van der Waals surface area contributed by atoms with Gasteiger partial charge in [-0.25, -0.2) is 13.1 Å². The maximum atomic E-state index is 12.6. The normalized spacial score (nSPS) is 23.3. The quantitative estimate of drug-likeness (QED) is 0.804. The van der Waals surface area contributed by atoms with Crippen LogP contribution >= 0.6 is 23.1 Å². The van der Waals surface area contributed by atoms with E-state index in [2.05, 4.69) is 17.0 Å². The number of thioether (sulfide) groups is 1. The van der Waals surface area contributed by atoms with Gasteiger partial charge in [0.2, 0.25) is 10.0 Å². The molecule has 0 aliphatic heterocycles. The zero-order chi connectivity index (χ0) is 14.6. The first-order valence-electron chi connectivity index (χ1n) is 6.93. The molecule has 1 aliphatic rings. The molecular weight excluding hydrogens is 312 g/mol. The number of hydrogen-bond acceptors (Lipinski definition) is 5. The van der Waals surface area contributed by atoms with E-state index in [-0.39, 0.29) is 6.04 Å². The predicted molar refractivity (Wildman–Crippen MR) is 87.0 cm³/mol. The SMILES string of the molecule is CCSC1CCCC1NS(=O)(=O)c1ccsc1CNC. The lowest BCUT2D eigenvalue weighted by molar-refractivity contribution is 0.554. The Balaban J connectivity index is 2.12. The van der Waals surface area contributed by atoms with Crippen LogP contribution in [0.2, 0.25) is 0 Å². The lowest BCUT2D eigenvalue weighted by atomic mass is 10.3. The molecule has 1 aromatic rings. The Kier molecular flexibility index (Phi) is 5.92. The van der Waals surface area contributed by atoms with Gasteiger partial charge >= 0.3 is 0 Å². The molecule has 0 amide bonds. The standard InChI is InChI=1S/C13H22N2O2S3/c1-3-18-11-6-4-5-10(11)15-20(16,17)13-7-8-19-12(13)9-14-2/h7-8,10-11,14-15H,3-6,9H2,1-2H3. The summed E-state index contributed by atoms with van der Waals surface area (Å²) in [6.45, 7) is 2.71. The van der Waals surface area contributed by atoms with Gasteiger partial charge in [-0.2, -0.15) is 11.8 Å². The van der Waals surface area contributed by atoms with Crippen molar-refractivity contribution in [3.63, 3.8) is 0 Å². The molecule has 2 atom stereocenters.